The predicted molar refractivity (Wildman–Crippen MR) is 98.9 cm³/mol. The maximum Gasteiger partial charge on any atom is 0.225 e. The summed E-state index contributed by atoms with van der Waals surface area (Å²) in [4.78, 5) is 26.4. The lowest BCUT2D eigenvalue weighted by Crippen LogP contribution is -2.47. The van der Waals surface area contributed by atoms with E-state index in [0.29, 0.717) is 6.54 Å². The Morgan fingerprint density at radius 1 is 1.15 bits per heavy atom. The molecule has 148 valence electrons. The third kappa shape index (κ3) is 4.85. The summed E-state index contributed by atoms with van der Waals surface area (Å²) < 4.78 is 27.4. The molecule has 1 unspecified atom stereocenters. The van der Waals surface area contributed by atoms with Crippen molar-refractivity contribution < 1.29 is 18.4 Å². The number of hydrogen-bond donors (Lipinski definition) is 1. The van der Waals surface area contributed by atoms with Crippen molar-refractivity contribution in [1.29, 1.82) is 0 Å². The van der Waals surface area contributed by atoms with Crippen molar-refractivity contribution >= 4 is 11.8 Å². The summed E-state index contributed by atoms with van der Waals surface area (Å²) in [5.74, 6) is -1.86. The summed E-state index contributed by atoms with van der Waals surface area (Å²) in [6, 6.07) is 2.44. The molecule has 1 aliphatic carbocycles. The van der Waals surface area contributed by atoms with E-state index in [1.165, 1.54) is 51.5 Å². The first-order chi connectivity index (χ1) is 12.9. The summed E-state index contributed by atoms with van der Waals surface area (Å²) in [7, 11) is 0. The van der Waals surface area contributed by atoms with Gasteiger partial charge in [0.05, 0.1) is 12.5 Å². The Hall–Kier alpha value is -1.98. The van der Waals surface area contributed by atoms with Crippen molar-refractivity contribution in [2.45, 2.75) is 64.3 Å². The zero-order valence-electron chi connectivity index (χ0n) is 15.9. The Kier molecular flexibility index (Phi) is 6.12. The summed E-state index contributed by atoms with van der Waals surface area (Å²) in [6.45, 7) is 2.79. The molecule has 2 amide bonds. The fourth-order valence-electron chi connectivity index (χ4n) is 4.70. The highest BCUT2D eigenvalue weighted by atomic mass is 19.1. The minimum Gasteiger partial charge on any atom is -0.349 e. The van der Waals surface area contributed by atoms with Gasteiger partial charge in [0.15, 0.2) is 0 Å². The van der Waals surface area contributed by atoms with E-state index in [2.05, 4.69) is 5.32 Å². The molecule has 1 aromatic carbocycles. The number of rotatable bonds is 4. The predicted octanol–water partition coefficient (Wildman–Crippen LogP) is 4.11. The van der Waals surface area contributed by atoms with Gasteiger partial charge >= 0.3 is 0 Å². The molecule has 0 aromatic heterocycles. The van der Waals surface area contributed by atoms with Gasteiger partial charge in [-0.3, -0.25) is 9.59 Å². The fraction of sp³-hybridized carbons (Fsp3) is 0.619. The van der Waals surface area contributed by atoms with Gasteiger partial charge in [0, 0.05) is 31.6 Å². The molecule has 1 spiro atoms. The highest BCUT2D eigenvalue weighted by molar-refractivity contribution is 5.79. The normalized spacial score (nSPS) is 20.3. The Morgan fingerprint density at radius 2 is 1.85 bits per heavy atom. The lowest BCUT2D eigenvalue weighted by molar-refractivity contribution is -0.136. The largest absolute Gasteiger partial charge is 0.349 e. The van der Waals surface area contributed by atoms with Crippen LogP contribution in [0.2, 0.25) is 0 Å². The maximum absolute atomic E-state index is 14.2. The third-order valence-corrected chi connectivity index (χ3v) is 6.02. The van der Waals surface area contributed by atoms with E-state index in [4.69, 9.17) is 0 Å². The molecule has 1 saturated heterocycles. The second-order valence-corrected chi connectivity index (χ2v) is 8.10. The molecule has 3 rings (SSSR count). The van der Waals surface area contributed by atoms with E-state index in [9.17, 15) is 18.4 Å². The van der Waals surface area contributed by atoms with Gasteiger partial charge in [0.25, 0.3) is 0 Å². The van der Waals surface area contributed by atoms with Crippen LogP contribution in [0.4, 0.5) is 8.78 Å². The zero-order valence-corrected chi connectivity index (χ0v) is 15.9. The van der Waals surface area contributed by atoms with Crippen molar-refractivity contribution in [3.63, 3.8) is 0 Å². The number of carbonyl (C=O) groups is 2. The average Bonchev–Trinajstić information content (AvgIpc) is 2.61. The first-order valence-electron chi connectivity index (χ1n) is 9.88. The van der Waals surface area contributed by atoms with Crippen LogP contribution in [0, 0.1) is 17.0 Å². The minimum atomic E-state index is -0.792. The highest BCUT2D eigenvalue weighted by Gasteiger charge is 2.38. The van der Waals surface area contributed by atoms with Crippen molar-refractivity contribution in [1.82, 2.24) is 10.2 Å². The van der Waals surface area contributed by atoms with E-state index >= 15 is 0 Å². The number of nitrogens with one attached hydrogen (secondary N) is 1. The van der Waals surface area contributed by atoms with Crippen molar-refractivity contribution in [3.8, 4) is 0 Å². The van der Waals surface area contributed by atoms with Crippen LogP contribution in [0.25, 0.3) is 0 Å². The topological polar surface area (TPSA) is 49.4 Å². The molecule has 1 atom stereocenters. The number of benzene rings is 1. The van der Waals surface area contributed by atoms with Crippen molar-refractivity contribution in [3.05, 3.63) is 35.4 Å². The molecule has 1 heterocycles. The van der Waals surface area contributed by atoms with Crippen LogP contribution >= 0.6 is 0 Å². The fourth-order valence-corrected chi connectivity index (χ4v) is 4.70. The van der Waals surface area contributed by atoms with Gasteiger partial charge in [-0.05, 0) is 37.2 Å². The van der Waals surface area contributed by atoms with Crippen LogP contribution < -0.4 is 5.32 Å². The molecule has 2 aliphatic rings. The number of amides is 2. The van der Waals surface area contributed by atoms with Crippen LogP contribution in [0.1, 0.15) is 69.9 Å². The van der Waals surface area contributed by atoms with E-state index < -0.39 is 17.7 Å². The van der Waals surface area contributed by atoms with E-state index in [1.807, 2.05) is 4.90 Å². The molecule has 4 nitrogen and oxygen atoms in total. The van der Waals surface area contributed by atoms with Gasteiger partial charge in [-0.25, -0.2) is 8.78 Å². The highest BCUT2D eigenvalue weighted by Crippen LogP contribution is 2.43. The third-order valence-electron chi connectivity index (χ3n) is 6.02. The minimum absolute atomic E-state index is 0.0157. The SMILES string of the molecule is CC(=O)NC(CC(=O)N1CCCC2(CCCCC2)C1)c1ccc(F)cc1F. The summed E-state index contributed by atoms with van der Waals surface area (Å²) in [5, 5.41) is 2.65. The van der Waals surface area contributed by atoms with E-state index in [0.717, 1.165) is 25.1 Å². The summed E-state index contributed by atoms with van der Waals surface area (Å²) in [5.41, 5.74) is 0.376. The van der Waals surface area contributed by atoms with Crippen molar-refractivity contribution in [2.75, 3.05) is 13.1 Å². The Morgan fingerprint density at radius 3 is 2.52 bits per heavy atom. The van der Waals surface area contributed by atoms with Gasteiger partial charge in [0.1, 0.15) is 11.6 Å². The monoisotopic (exact) mass is 378 g/mol. The van der Waals surface area contributed by atoms with E-state index in [-0.39, 0.29) is 29.2 Å². The van der Waals surface area contributed by atoms with Crippen LogP contribution in [0.3, 0.4) is 0 Å². The number of piperidine rings is 1. The smallest absolute Gasteiger partial charge is 0.225 e. The van der Waals surface area contributed by atoms with Crippen LogP contribution in [-0.2, 0) is 9.59 Å². The van der Waals surface area contributed by atoms with Crippen LogP contribution in [0.5, 0.6) is 0 Å². The van der Waals surface area contributed by atoms with Gasteiger partial charge in [-0.15, -0.1) is 0 Å². The average molecular weight is 378 g/mol. The van der Waals surface area contributed by atoms with Crippen LogP contribution in [-0.4, -0.2) is 29.8 Å². The number of carbonyl (C=O) groups excluding carboxylic acids is 2. The standard InChI is InChI=1S/C21H28F2N2O2/c1-15(26)24-19(17-7-6-16(22)12-18(17)23)13-20(27)25-11-5-10-21(14-25)8-3-2-4-9-21/h6-7,12,19H,2-5,8-11,13-14H2,1H3,(H,24,26). The number of hydrogen-bond acceptors (Lipinski definition) is 2. The lowest BCUT2D eigenvalue weighted by atomic mass is 9.69. The molecule has 0 radical (unpaired) electrons. The summed E-state index contributed by atoms with van der Waals surface area (Å²) in [6.07, 6.45) is 8.17. The molecule has 0 bridgehead atoms. The first-order valence-corrected chi connectivity index (χ1v) is 9.88. The number of halogens is 2. The molecule has 1 N–H and O–H groups in total. The summed E-state index contributed by atoms with van der Waals surface area (Å²) >= 11 is 0. The molecule has 6 heteroatoms. The first kappa shape index (κ1) is 19.8. The Balaban J connectivity index is 1.73. The van der Waals surface area contributed by atoms with Gasteiger partial charge in [-0.1, -0.05) is 25.3 Å². The van der Waals surface area contributed by atoms with Gasteiger partial charge < -0.3 is 10.2 Å². The molecule has 2 fully saturated rings. The van der Waals surface area contributed by atoms with Gasteiger partial charge in [0.2, 0.25) is 11.8 Å². The molecular weight excluding hydrogens is 350 g/mol. The number of nitrogens with zero attached hydrogens (tertiary/aromatic N) is 1. The molecular formula is C21H28F2N2O2. The molecule has 1 aromatic rings. The van der Waals surface area contributed by atoms with E-state index in [1.54, 1.807) is 0 Å². The van der Waals surface area contributed by atoms with Crippen LogP contribution in [0.15, 0.2) is 18.2 Å². The molecule has 1 saturated carbocycles. The maximum atomic E-state index is 14.2. The van der Waals surface area contributed by atoms with Crippen molar-refractivity contribution in [2.24, 2.45) is 5.41 Å². The van der Waals surface area contributed by atoms with Gasteiger partial charge in [-0.2, -0.15) is 0 Å². The zero-order chi connectivity index (χ0) is 19.4. The molecule has 27 heavy (non-hydrogen) atoms. The Bertz CT molecular complexity index is 696. The quantitative estimate of drug-likeness (QED) is 0.857. The lowest BCUT2D eigenvalue weighted by Gasteiger charge is -2.45. The second-order valence-electron chi connectivity index (χ2n) is 8.10. The second kappa shape index (κ2) is 8.36. The molecule has 1 aliphatic heterocycles. The number of likely N-dealkylation sites (tertiary alicyclic amines) is 1. The Labute approximate surface area is 159 Å².